The Hall–Kier alpha value is -1.42. The molecule has 1 aromatic carbocycles. The third-order valence-corrected chi connectivity index (χ3v) is 3.89. The molecular formula is C15H25NO3. The quantitative estimate of drug-likeness (QED) is 0.760. The third kappa shape index (κ3) is 3.77. The first kappa shape index (κ1) is 15.6. The van der Waals surface area contributed by atoms with Crippen LogP contribution in [0.1, 0.15) is 26.7 Å². The van der Waals surface area contributed by atoms with Gasteiger partial charge in [0.2, 0.25) is 0 Å². The first-order chi connectivity index (χ1) is 9.14. The number of methoxy groups -OCH3 is 2. The number of aliphatic hydroxyl groups excluding tert-OH is 1. The maximum atomic E-state index is 9.55. The standard InChI is InChI=1S/C15H25NO3/c1-5-15(6-2,11-17)10-16-12-7-8-13(18-3)14(9-12)19-4/h7-9,16-17H,5-6,10-11H2,1-4H3. The molecule has 0 saturated heterocycles. The monoisotopic (exact) mass is 267 g/mol. The molecule has 0 bridgehead atoms. The summed E-state index contributed by atoms with van der Waals surface area (Å²) in [4.78, 5) is 0. The highest BCUT2D eigenvalue weighted by atomic mass is 16.5. The molecule has 1 rings (SSSR count). The van der Waals surface area contributed by atoms with E-state index in [4.69, 9.17) is 9.47 Å². The average Bonchev–Trinajstić information content (AvgIpc) is 2.49. The van der Waals surface area contributed by atoms with Crippen LogP contribution in [0.3, 0.4) is 0 Å². The van der Waals surface area contributed by atoms with Gasteiger partial charge in [-0.3, -0.25) is 0 Å². The number of benzene rings is 1. The van der Waals surface area contributed by atoms with E-state index in [-0.39, 0.29) is 12.0 Å². The second kappa shape index (κ2) is 7.24. The average molecular weight is 267 g/mol. The van der Waals surface area contributed by atoms with E-state index >= 15 is 0 Å². The summed E-state index contributed by atoms with van der Waals surface area (Å²) in [5.41, 5.74) is 0.907. The van der Waals surface area contributed by atoms with Gasteiger partial charge in [-0.05, 0) is 25.0 Å². The van der Waals surface area contributed by atoms with Crippen LogP contribution in [0.2, 0.25) is 0 Å². The van der Waals surface area contributed by atoms with Crippen molar-refractivity contribution in [2.45, 2.75) is 26.7 Å². The van der Waals surface area contributed by atoms with Gasteiger partial charge in [-0.1, -0.05) is 13.8 Å². The first-order valence-electron chi connectivity index (χ1n) is 6.71. The van der Waals surface area contributed by atoms with Gasteiger partial charge in [-0.15, -0.1) is 0 Å². The van der Waals surface area contributed by atoms with Crippen LogP contribution in [0.15, 0.2) is 18.2 Å². The molecule has 0 radical (unpaired) electrons. The van der Waals surface area contributed by atoms with Gasteiger partial charge in [0.1, 0.15) is 0 Å². The molecule has 0 amide bonds. The minimum Gasteiger partial charge on any atom is -0.493 e. The van der Waals surface area contributed by atoms with Gasteiger partial charge in [-0.25, -0.2) is 0 Å². The lowest BCUT2D eigenvalue weighted by atomic mass is 9.83. The summed E-state index contributed by atoms with van der Waals surface area (Å²) in [7, 11) is 3.24. The van der Waals surface area contributed by atoms with Crippen molar-refractivity contribution >= 4 is 5.69 Å². The summed E-state index contributed by atoms with van der Waals surface area (Å²) in [6.45, 7) is 5.15. The second-order valence-electron chi connectivity index (χ2n) is 4.79. The molecular weight excluding hydrogens is 242 g/mol. The van der Waals surface area contributed by atoms with Crippen molar-refractivity contribution in [1.29, 1.82) is 0 Å². The number of anilines is 1. The van der Waals surface area contributed by atoms with Crippen LogP contribution >= 0.6 is 0 Å². The van der Waals surface area contributed by atoms with E-state index in [9.17, 15) is 5.11 Å². The molecule has 0 atom stereocenters. The SMILES string of the molecule is CCC(CC)(CO)CNc1ccc(OC)c(OC)c1. The number of aliphatic hydroxyl groups is 1. The van der Waals surface area contributed by atoms with Crippen LogP contribution in [0.25, 0.3) is 0 Å². The van der Waals surface area contributed by atoms with Crippen LogP contribution in [-0.2, 0) is 0 Å². The molecule has 1 aromatic rings. The fraction of sp³-hybridized carbons (Fsp3) is 0.600. The molecule has 0 fully saturated rings. The van der Waals surface area contributed by atoms with E-state index in [1.165, 1.54) is 0 Å². The summed E-state index contributed by atoms with van der Waals surface area (Å²) in [5, 5.41) is 12.9. The Balaban J connectivity index is 2.77. The first-order valence-corrected chi connectivity index (χ1v) is 6.71. The van der Waals surface area contributed by atoms with Crippen LogP contribution < -0.4 is 14.8 Å². The molecule has 0 spiro atoms. The van der Waals surface area contributed by atoms with Crippen molar-refractivity contribution in [2.75, 3.05) is 32.7 Å². The highest BCUT2D eigenvalue weighted by molar-refractivity contribution is 5.54. The van der Waals surface area contributed by atoms with Gasteiger partial charge >= 0.3 is 0 Å². The van der Waals surface area contributed by atoms with Crippen molar-refractivity contribution in [2.24, 2.45) is 5.41 Å². The molecule has 0 aliphatic rings. The highest BCUT2D eigenvalue weighted by Gasteiger charge is 2.24. The Morgan fingerprint density at radius 2 is 1.74 bits per heavy atom. The predicted octanol–water partition coefficient (Wildman–Crippen LogP) is 2.91. The number of hydrogen-bond donors (Lipinski definition) is 2. The normalized spacial score (nSPS) is 11.2. The minimum atomic E-state index is -0.0623. The van der Waals surface area contributed by atoms with Crippen LogP contribution in [0.4, 0.5) is 5.69 Å². The molecule has 2 N–H and O–H groups in total. The van der Waals surface area contributed by atoms with Crippen molar-refractivity contribution in [3.8, 4) is 11.5 Å². The molecule has 0 aromatic heterocycles. The zero-order chi connectivity index (χ0) is 14.3. The molecule has 19 heavy (non-hydrogen) atoms. The van der Waals surface area contributed by atoms with Gasteiger partial charge < -0.3 is 19.9 Å². The van der Waals surface area contributed by atoms with Crippen LogP contribution in [0.5, 0.6) is 11.5 Å². The topological polar surface area (TPSA) is 50.7 Å². The Bertz CT molecular complexity index is 381. The maximum absolute atomic E-state index is 9.55. The van der Waals surface area contributed by atoms with Gasteiger partial charge in [0.05, 0.1) is 20.8 Å². The van der Waals surface area contributed by atoms with Crippen molar-refractivity contribution in [3.05, 3.63) is 18.2 Å². The van der Waals surface area contributed by atoms with E-state index in [1.54, 1.807) is 14.2 Å². The Morgan fingerprint density at radius 3 is 2.21 bits per heavy atom. The summed E-state index contributed by atoms with van der Waals surface area (Å²) in [6.07, 6.45) is 1.89. The molecule has 108 valence electrons. The lowest BCUT2D eigenvalue weighted by Gasteiger charge is -2.30. The summed E-state index contributed by atoms with van der Waals surface area (Å²) >= 11 is 0. The second-order valence-corrected chi connectivity index (χ2v) is 4.79. The van der Waals surface area contributed by atoms with E-state index in [0.29, 0.717) is 11.5 Å². The van der Waals surface area contributed by atoms with Gasteiger partial charge in [0.25, 0.3) is 0 Å². The Labute approximate surface area is 115 Å². The summed E-state index contributed by atoms with van der Waals surface area (Å²) < 4.78 is 10.5. The number of hydrogen-bond acceptors (Lipinski definition) is 4. The van der Waals surface area contributed by atoms with E-state index in [1.807, 2.05) is 18.2 Å². The molecule has 0 aliphatic carbocycles. The van der Waals surface area contributed by atoms with Crippen LogP contribution in [0, 0.1) is 5.41 Å². The summed E-state index contributed by atoms with van der Waals surface area (Å²) in [6, 6.07) is 5.74. The smallest absolute Gasteiger partial charge is 0.162 e. The number of nitrogens with one attached hydrogen (secondary N) is 1. The lowest BCUT2D eigenvalue weighted by Crippen LogP contribution is -2.32. The van der Waals surface area contributed by atoms with E-state index in [0.717, 1.165) is 25.1 Å². The molecule has 0 unspecified atom stereocenters. The molecule has 4 heteroatoms. The fourth-order valence-corrected chi connectivity index (χ4v) is 2.02. The largest absolute Gasteiger partial charge is 0.493 e. The van der Waals surface area contributed by atoms with Crippen molar-refractivity contribution in [1.82, 2.24) is 0 Å². The number of ether oxygens (including phenoxy) is 2. The lowest BCUT2D eigenvalue weighted by molar-refractivity contribution is 0.127. The van der Waals surface area contributed by atoms with E-state index in [2.05, 4.69) is 19.2 Å². The van der Waals surface area contributed by atoms with Gasteiger partial charge in [0, 0.05) is 23.7 Å². The molecule has 4 nitrogen and oxygen atoms in total. The van der Waals surface area contributed by atoms with Gasteiger partial charge in [-0.2, -0.15) is 0 Å². The fourth-order valence-electron chi connectivity index (χ4n) is 2.02. The zero-order valence-corrected chi connectivity index (χ0v) is 12.3. The Kier molecular flexibility index (Phi) is 5.96. The van der Waals surface area contributed by atoms with E-state index < -0.39 is 0 Å². The number of rotatable bonds is 8. The maximum Gasteiger partial charge on any atom is 0.162 e. The predicted molar refractivity (Wildman–Crippen MR) is 78.1 cm³/mol. The zero-order valence-electron chi connectivity index (χ0n) is 12.3. The van der Waals surface area contributed by atoms with Crippen LogP contribution in [-0.4, -0.2) is 32.5 Å². The Morgan fingerprint density at radius 1 is 1.11 bits per heavy atom. The summed E-state index contributed by atoms with van der Waals surface area (Å²) in [5.74, 6) is 1.42. The van der Waals surface area contributed by atoms with Gasteiger partial charge in [0.15, 0.2) is 11.5 Å². The molecule has 0 saturated carbocycles. The van der Waals surface area contributed by atoms with Crippen molar-refractivity contribution in [3.63, 3.8) is 0 Å². The molecule has 0 aliphatic heterocycles. The highest BCUT2D eigenvalue weighted by Crippen LogP contribution is 2.31. The minimum absolute atomic E-state index is 0.0623. The van der Waals surface area contributed by atoms with Crippen molar-refractivity contribution < 1.29 is 14.6 Å². The third-order valence-electron chi connectivity index (χ3n) is 3.89. The molecule has 0 heterocycles.